The van der Waals surface area contributed by atoms with Gasteiger partial charge in [0.1, 0.15) is 17.4 Å². The summed E-state index contributed by atoms with van der Waals surface area (Å²) in [7, 11) is 0. The Balaban J connectivity index is 2.62. The SMILES string of the molecule is CCOc1cccc(-c2nc(SC)[nH]c(=O)c2C#N)c1. The van der Waals surface area contributed by atoms with Crippen molar-refractivity contribution in [1.29, 1.82) is 5.26 Å². The van der Waals surface area contributed by atoms with E-state index in [0.29, 0.717) is 28.8 Å². The summed E-state index contributed by atoms with van der Waals surface area (Å²) >= 11 is 1.32. The number of nitrogens with zero attached hydrogens (tertiary/aromatic N) is 2. The summed E-state index contributed by atoms with van der Waals surface area (Å²) in [6, 6.07) is 9.11. The van der Waals surface area contributed by atoms with Gasteiger partial charge in [-0.2, -0.15) is 5.26 Å². The van der Waals surface area contributed by atoms with Gasteiger partial charge < -0.3 is 9.72 Å². The Morgan fingerprint density at radius 2 is 2.30 bits per heavy atom. The minimum Gasteiger partial charge on any atom is -0.494 e. The average Bonchev–Trinajstić information content (AvgIpc) is 2.47. The van der Waals surface area contributed by atoms with Gasteiger partial charge in [-0.3, -0.25) is 4.79 Å². The van der Waals surface area contributed by atoms with Crippen LogP contribution in [0.1, 0.15) is 12.5 Å². The van der Waals surface area contributed by atoms with Gasteiger partial charge in [-0.05, 0) is 25.3 Å². The minimum absolute atomic E-state index is 0.0106. The highest BCUT2D eigenvalue weighted by Crippen LogP contribution is 2.24. The molecule has 0 atom stereocenters. The number of benzene rings is 1. The molecule has 0 unspecified atom stereocenters. The second kappa shape index (κ2) is 6.26. The first-order valence-corrected chi connectivity index (χ1v) is 7.23. The molecule has 1 heterocycles. The van der Waals surface area contributed by atoms with E-state index in [2.05, 4.69) is 9.97 Å². The molecule has 1 N–H and O–H groups in total. The van der Waals surface area contributed by atoms with Gasteiger partial charge in [0.25, 0.3) is 5.56 Å². The molecule has 0 saturated heterocycles. The fourth-order valence-corrected chi connectivity index (χ4v) is 2.14. The highest BCUT2D eigenvalue weighted by Gasteiger charge is 2.13. The molecule has 0 radical (unpaired) electrons. The van der Waals surface area contributed by atoms with Crippen LogP contribution < -0.4 is 10.3 Å². The lowest BCUT2D eigenvalue weighted by Crippen LogP contribution is -2.14. The van der Waals surface area contributed by atoms with Crippen molar-refractivity contribution in [2.75, 3.05) is 12.9 Å². The smallest absolute Gasteiger partial charge is 0.270 e. The van der Waals surface area contributed by atoms with Crippen molar-refractivity contribution in [1.82, 2.24) is 9.97 Å². The van der Waals surface area contributed by atoms with E-state index < -0.39 is 5.56 Å². The minimum atomic E-state index is -0.427. The normalized spacial score (nSPS) is 10.1. The maximum Gasteiger partial charge on any atom is 0.270 e. The monoisotopic (exact) mass is 287 g/mol. The predicted molar refractivity (Wildman–Crippen MR) is 78.0 cm³/mol. The Kier molecular flexibility index (Phi) is 4.43. The zero-order valence-electron chi connectivity index (χ0n) is 11.1. The van der Waals surface area contributed by atoms with Crippen molar-refractivity contribution in [2.24, 2.45) is 0 Å². The molecule has 0 fully saturated rings. The van der Waals surface area contributed by atoms with Crippen molar-refractivity contribution < 1.29 is 4.74 Å². The third-order valence-corrected chi connectivity index (χ3v) is 3.20. The third kappa shape index (κ3) is 2.83. The lowest BCUT2D eigenvalue weighted by Gasteiger charge is -2.07. The molecule has 0 aliphatic heterocycles. The molecule has 2 rings (SSSR count). The van der Waals surface area contributed by atoms with E-state index in [-0.39, 0.29) is 5.56 Å². The molecule has 0 aliphatic rings. The molecular formula is C14H13N3O2S. The molecule has 0 bridgehead atoms. The number of nitriles is 1. The summed E-state index contributed by atoms with van der Waals surface area (Å²) in [5, 5.41) is 9.63. The molecule has 0 spiro atoms. The second-order valence-electron chi connectivity index (χ2n) is 3.87. The number of ether oxygens (including phenoxy) is 1. The number of nitrogens with one attached hydrogen (secondary N) is 1. The van der Waals surface area contributed by atoms with Gasteiger partial charge in [0.15, 0.2) is 5.16 Å². The van der Waals surface area contributed by atoms with E-state index in [1.807, 2.05) is 31.4 Å². The van der Waals surface area contributed by atoms with Crippen LogP contribution in [-0.2, 0) is 0 Å². The van der Waals surface area contributed by atoms with Crippen LogP contribution in [0.2, 0.25) is 0 Å². The van der Waals surface area contributed by atoms with Crippen molar-refractivity contribution in [2.45, 2.75) is 12.1 Å². The standard InChI is InChI=1S/C14H13N3O2S/c1-3-19-10-6-4-5-9(7-10)12-11(8-15)13(18)17-14(16-12)20-2/h4-7H,3H2,1-2H3,(H,16,17,18). The summed E-state index contributed by atoms with van der Waals surface area (Å²) < 4.78 is 5.43. The van der Waals surface area contributed by atoms with Gasteiger partial charge >= 0.3 is 0 Å². The van der Waals surface area contributed by atoms with Crippen LogP contribution in [0.4, 0.5) is 0 Å². The number of aromatic nitrogens is 2. The molecule has 20 heavy (non-hydrogen) atoms. The van der Waals surface area contributed by atoms with E-state index in [1.165, 1.54) is 11.8 Å². The molecule has 0 saturated carbocycles. The van der Waals surface area contributed by atoms with Gasteiger partial charge in [-0.1, -0.05) is 23.9 Å². The first-order valence-electron chi connectivity index (χ1n) is 6.01. The van der Waals surface area contributed by atoms with Gasteiger partial charge in [0.05, 0.1) is 12.3 Å². The largest absolute Gasteiger partial charge is 0.494 e. The Bertz CT molecular complexity index is 719. The summed E-state index contributed by atoms with van der Waals surface area (Å²) in [6.07, 6.45) is 1.81. The molecule has 1 aromatic carbocycles. The zero-order valence-corrected chi connectivity index (χ0v) is 12.0. The van der Waals surface area contributed by atoms with Crippen LogP contribution in [0.5, 0.6) is 5.75 Å². The predicted octanol–water partition coefficient (Wildman–Crippen LogP) is 2.43. The first kappa shape index (κ1) is 14.2. The van der Waals surface area contributed by atoms with Gasteiger partial charge in [0, 0.05) is 5.56 Å². The van der Waals surface area contributed by atoms with Crippen molar-refractivity contribution >= 4 is 11.8 Å². The lowest BCUT2D eigenvalue weighted by atomic mass is 10.1. The van der Waals surface area contributed by atoms with Crippen molar-refractivity contribution in [3.8, 4) is 23.1 Å². The van der Waals surface area contributed by atoms with E-state index in [0.717, 1.165) is 0 Å². The summed E-state index contributed by atoms with van der Waals surface area (Å²) in [6.45, 7) is 2.44. The second-order valence-corrected chi connectivity index (χ2v) is 4.67. The molecule has 5 nitrogen and oxygen atoms in total. The number of hydrogen-bond donors (Lipinski definition) is 1. The fraction of sp³-hybridized carbons (Fsp3) is 0.214. The van der Waals surface area contributed by atoms with Crippen LogP contribution in [0, 0.1) is 11.3 Å². The summed E-state index contributed by atoms with van der Waals surface area (Å²) in [5.41, 5.74) is 0.649. The highest BCUT2D eigenvalue weighted by molar-refractivity contribution is 7.98. The van der Waals surface area contributed by atoms with Crippen LogP contribution in [0.15, 0.2) is 34.2 Å². The van der Waals surface area contributed by atoms with E-state index in [1.54, 1.807) is 12.1 Å². The Morgan fingerprint density at radius 1 is 1.50 bits per heavy atom. The number of thioether (sulfide) groups is 1. The molecule has 1 aromatic heterocycles. The Hall–Kier alpha value is -2.26. The zero-order chi connectivity index (χ0) is 14.5. The number of H-pyrrole nitrogens is 1. The highest BCUT2D eigenvalue weighted by atomic mass is 32.2. The number of hydrogen-bond acceptors (Lipinski definition) is 5. The third-order valence-electron chi connectivity index (χ3n) is 2.62. The fourth-order valence-electron chi connectivity index (χ4n) is 1.76. The number of aromatic amines is 1. The first-order chi connectivity index (χ1) is 9.69. The molecule has 6 heteroatoms. The maximum atomic E-state index is 11.9. The quantitative estimate of drug-likeness (QED) is 0.690. The van der Waals surface area contributed by atoms with Crippen LogP contribution in [0.3, 0.4) is 0 Å². The van der Waals surface area contributed by atoms with Gasteiger partial charge in [0.2, 0.25) is 0 Å². The van der Waals surface area contributed by atoms with Crippen LogP contribution >= 0.6 is 11.8 Å². The van der Waals surface area contributed by atoms with E-state index >= 15 is 0 Å². The molecule has 2 aromatic rings. The van der Waals surface area contributed by atoms with E-state index in [9.17, 15) is 4.79 Å². The van der Waals surface area contributed by atoms with Crippen LogP contribution in [-0.4, -0.2) is 22.8 Å². The molecular weight excluding hydrogens is 274 g/mol. The Morgan fingerprint density at radius 3 is 2.95 bits per heavy atom. The van der Waals surface area contributed by atoms with Gasteiger partial charge in [-0.25, -0.2) is 4.98 Å². The molecule has 0 amide bonds. The maximum absolute atomic E-state index is 11.9. The summed E-state index contributed by atoms with van der Waals surface area (Å²) in [4.78, 5) is 18.8. The van der Waals surface area contributed by atoms with Crippen LogP contribution in [0.25, 0.3) is 11.3 Å². The average molecular weight is 287 g/mol. The Labute approximate surface area is 120 Å². The molecule has 102 valence electrons. The topological polar surface area (TPSA) is 78.8 Å². The summed E-state index contributed by atoms with van der Waals surface area (Å²) in [5.74, 6) is 0.682. The lowest BCUT2D eigenvalue weighted by molar-refractivity contribution is 0.340. The van der Waals surface area contributed by atoms with Gasteiger partial charge in [-0.15, -0.1) is 0 Å². The number of rotatable bonds is 4. The van der Waals surface area contributed by atoms with E-state index in [4.69, 9.17) is 10.00 Å². The molecule has 0 aliphatic carbocycles. The van der Waals surface area contributed by atoms with Crippen molar-refractivity contribution in [3.05, 3.63) is 40.2 Å². The van der Waals surface area contributed by atoms with Crippen molar-refractivity contribution in [3.63, 3.8) is 0 Å².